The molecular weight excluding hydrogens is 684 g/mol. The van der Waals surface area contributed by atoms with Crippen LogP contribution in [0.3, 0.4) is 0 Å². The van der Waals surface area contributed by atoms with Gasteiger partial charge < -0.3 is 18.9 Å². The van der Waals surface area contributed by atoms with Gasteiger partial charge in [-0.15, -0.1) is 0 Å². The number of pyridine rings is 1. The second-order valence-electron chi connectivity index (χ2n) is 12.5. The summed E-state index contributed by atoms with van der Waals surface area (Å²) in [6, 6.07) is 17.2. The van der Waals surface area contributed by atoms with Crippen LogP contribution in [-0.4, -0.2) is 61.8 Å². The highest BCUT2D eigenvalue weighted by molar-refractivity contribution is 6.35. The average Bonchev–Trinajstić information content (AvgIpc) is 3.13. The number of hydrogen-bond donors (Lipinski definition) is 1. The van der Waals surface area contributed by atoms with Crippen LogP contribution in [0.1, 0.15) is 57.6 Å². The fraction of sp³-hybridized carbons (Fsp3) is 0.342. The van der Waals surface area contributed by atoms with Gasteiger partial charge in [-0.3, -0.25) is 15.2 Å². The van der Waals surface area contributed by atoms with Crippen molar-refractivity contribution in [2.45, 2.75) is 44.1 Å². The maximum absolute atomic E-state index is 14.2. The Kier molecular flexibility index (Phi) is 11.5. The van der Waals surface area contributed by atoms with Crippen LogP contribution in [-0.2, 0) is 27.2 Å². The molecule has 3 aliphatic rings. The number of nitrogens with zero attached hydrogens (tertiary/aromatic N) is 2. The molecule has 3 aliphatic heterocycles. The van der Waals surface area contributed by atoms with E-state index in [-0.39, 0.29) is 19.1 Å². The topological polar surface area (TPSA) is 99.2 Å². The van der Waals surface area contributed by atoms with Crippen molar-refractivity contribution in [3.05, 3.63) is 123 Å². The highest BCUT2D eigenvalue weighted by atomic mass is 35.5. The molecule has 1 aromatic heterocycles. The van der Waals surface area contributed by atoms with Crippen molar-refractivity contribution in [2.75, 3.05) is 33.9 Å². The fourth-order valence-electron chi connectivity index (χ4n) is 6.56. The Labute approximate surface area is 300 Å². The van der Waals surface area contributed by atoms with Crippen molar-refractivity contribution >= 4 is 35.1 Å². The van der Waals surface area contributed by atoms with Gasteiger partial charge in [0.05, 0.1) is 29.8 Å². The van der Waals surface area contributed by atoms with Gasteiger partial charge in [0, 0.05) is 31.9 Å². The number of piperidine rings is 3. The first kappa shape index (κ1) is 35.6. The summed E-state index contributed by atoms with van der Waals surface area (Å²) in [4.78, 5) is 33.4. The molecule has 4 aromatic rings. The molecule has 262 valence electrons. The van der Waals surface area contributed by atoms with E-state index in [4.69, 9.17) is 42.1 Å². The third-order valence-electron chi connectivity index (χ3n) is 9.35. The monoisotopic (exact) mass is 721 g/mol. The summed E-state index contributed by atoms with van der Waals surface area (Å²) in [5.74, 6) is -0.104. The fourth-order valence-corrected chi connectivity index (χ4v) is 7.08. The van der Waals surface area contributed by atoms with Crippen LogP contribution in [0.15, 0.2) is 79.1 Å². The number of benzene rings is 3. The van der Waals surface area contributed by atoms with Crippen LogP contribution in [0.5, 0.6) is 11.5 Å². The number of carbonyl (C=O) groups excluding carboxylic acids is 2. The molecule has 4 heterocycles. The first-order chi connectivity index (χ1) is 24.2. The molecule has 12 heteroatoms. The SMILES string of the molecule is COc1ccc([C@@H](Cc2c(Cl)cncc2Cl)OC(=O)c2ccc(CNC(C(=O)O[C@H]3CN4CCC3CC4)c3cccc(F)c3)cc2)cc1OC. The maximum Gasteiger partial charge on any atom is 0.338 e. The molecular formula is C38H38Cl2FN3O6. The molecule has 3 saturated heterocycles. The van der Waals surface area contributed by atoms with Crippen LogP contribution >= 0.6 is 23.2 Å². The van der Waals surface area contributed by atoms with Gasteiger partial charge >= 0.3 is 11.9 Å². The second-order valence-corrected chi connectivity index (χ2v) is 13.3. The van der Waals surface area contributed by atoms with Crippen molar-refractivity contribution in [2.24, 2.45) is 5.92 Å². The summed E-state index contributed by atoms with van der Waals surface area (Å²) in [6.45, 7) is 3.04. The van der Waals surface area contributed by atoms with E-state index in [9.17, 15) is 14.0 Å². The van der Waals surface area contributed by atoms with Crippen molar-refractivity contribution in [3.63, 3.8) is 0 Å². The predicted octanol–water partition coefficient (Wildman–Crippen LogP) is 7.15. The van der Waals surface area contributed by atoms with Crippen LogP contribution in [0.2, 0.25) is 10.0 Å². The highest BCUT2D eigenvalue weighted by Crippen LogP contribution is 2.36. The molecule has 50 heavy (non-hydrogen) atoms. The number of ether oxygens (including phenoxy) is 4. The minimum atomic E-state index is -0.875. The molecule has 3 fully saturated rings. The Morgan fingerprint density at radius 2 is 1.66 bits per heavy atom. The number of fused-ring (bicyclic) bond motifs is 3. The normalized spacial score (nSPS) is 19.3. The van der Waals surface area contributed by atoms with Gasteiger partial charge in [-0.2, -0.15) is 0 Å². The van der Waals surface area contributed by atoms with E-state index in [1.807, 2.05) is 0 Å². The highest BCUT2D eigenvalue weighted by Gasteiger charge is 2.38. The predicted molar refractivity (Wildman–Crippen MR) is 187 cm³/mol. The summed E-state index contributed by atoms with van der Waals surface area (Å²) in [5.41, 5.74) is 2.82. The molecule has 1 N–H and O–H groups in total. The number of carbonyl (C=O) groups is 2. The Balaban J connectivity index is 1.16. The van der Waals surface area contributed by atoms with E-state index >= 15 is 0 Å². The quantitative estimate of drug-likeness (QED) is 0.144. The van der Waals surface area contributed by atoms with E-state index in [2.05, 4.69) is 15.2 Å². The Hall–Kier alpha value is -4.22. The summed E-state index contributed by atoms with van der Waals surface area (Å²) in [6.07, 6.45) is 4.20. The van der Waals surface area contributed by atoms with Crippen LogP contribution in [0.4, 0.5) is 4.39 Å². The largest absolute Gasteiger partial charge is 0.493 e. The lowest BCUT2D eigenvalue weighted by atomic mass is 9.86. The first-order valence-electron chi connectivity index (χ1n) is 16.4. The molecule has 0 spiro atoms. The minimum Gasteiger partial charge on any atom is -0.493 e. The van der Waals surface area contributed by atoms with E-state index < -0.39 is 29.9 Å². The van der Waals surface area contributed by atoms with Crippen LogP contribution in [0.25, 0.3) is 0 Å². The van der Waals surface area contributed by atoms with Crippen molar-refractivity contribution in [3.8, 4) is 11.5 Å². The van der Waals surface area contributed by atoms with E-state index in [0.717, 1.165) is 38.0 Å². The molecule has 3 atom stereocenters. The molecule has 2 bridgehead atoms. The number of halogens is 3. The van der Waals surface area contributed by atoms with E-state index in [1.54, 1.807) is 54.6 Å². The standard InChI is InChI=1S/C38H38Cl2FN3O6/c1-47-32-11-10-26(17-34(32)48-2)33(18-29-30(39)20-42-21-31(29)40)49-37(45)25-8-6-23(7-9-25)19-43-36(27-4-3-5-28(41)16-27)38(46)50-35-22-44-14-12-24(35)13-15-44/h3-11,16-17,20-21,24,33,35-36,43H,12-15,18-19,22H2,1-2H3/t33-,35+,36?/m1/s1. The molecule has 1 unspecified atom stereocenters. The Morgan fingerprint density at radius 3 is 2.30 bits per heavy atom. The van der Waals surface area contributed by atoms with Crippen molar-refractivity contribution in [1.82, 2.24) is 15.2 Å². The smallest absolute Gasteiger partial charge is 0.338 e. The summed E-state index contributed by atoms with van der Waals surface area (Å²) in [7, 11) is 3.06. The van der Waals surface area contributed by atoms with Gasteiger partial charge in [-0.25, -0.2) is 14.0 Å². The third kappa shape index (κ3) is 8.38. The zero-order valence-electron chi connectivity index (χ0n) is 27.7. The summed E-state index contributed by atoms with van der Waals surface area (Å²) < 4.78 is 37.2. The number of esters is 2. The van der Waals surface area contributed by atoms with Crippen LogP contribution in [0, 0.1) is 11.7 Å². The first-order valence-corrected chi connectivity index (χ1v) is 17.2. The van der Waals surface area contributed by atoms with Gasteiger partial charge in [0.1, 0.15) is 24.1 Å². The molecule has 0 saturated carbocycles. The summed E-state index contributed by atoms with van der Waals surface area (Å²) >= 11 is 12.9. The van der Waals surface area contributed by atoms with Crippen molar-refractivity contribution in [1.29, 1.82) is 0 Å². The molecule has 9 nitrogen and oxygen atoms in total. The maximum atomic E-state index is 14.2. The number of hydrogen-bond acceptors (Lipinski definition) is 9. The lowest BCUT2D eigenvalue weighted by Gasteiger charge is -2.44. The minimum absolute atomic E-state index is 0.179. The number of rotatable bonds is 13. The molecule has 7 rings (SSSR count). The van der Waals surface area contributed by atoms with Crippen molar-refractivity contribution < 1.29 is 32.9 Å². The Bertz CT molecular complexity index is 1800. The molecule has 0 radical (unpaired) electrons. The third-order valence-corrected chi connectivity index (χ3v) is 10.0. The van der Waals surface area contributed by atoms with Gasteiger partial charge in [0.25, 0.3) is 0 Å². The molecule has 0 amide bonds. The molecule has 3 aromatic carbocycles. The Morgan fingerprint density at radius 1 is 0.940 bits per heavy atom. The van der Waals surface area contributed by atoms with Crippen LogP contribution < -0.4 is 14.8 Å². The van der Waals surface area contributed by atoms with E-state index in [1.165, 1.54) is 38.7 Å². The van der Waals surface area contributed by atoms with Gasteiger partial charge in [0.2, 0.25) is 0 Å². The summed E-state index contributed by atoms with van der Waals surface area (Å²) in [5, 5.41) is 3.94. The average molecular weight is 723 g/mol. The lowest BCUT2D eigenvalue weighted by molar-refractivity contribution is -0.161. The number of methoxy groups -OCH3 is 2. The zero-order valence-corrected chi connectivity index (χ0v) is 29.3. The molecule has 0 aliphatic carbocycles. The zero-order chi connectivity index (χ0) is 35.2. The van der Waals surface area contributed by atoms with Gasteiger partial charge in [-0.05, 0) is 90.5 Å². The van der Waals surface area contributed by atoms with Gasteiger partial charge in [0.15, 0.2) is 11.5 Å². The number of nitrogens with one attached hydrogen (secondary N) is 1. The van der Waals surface area contributed by atoms with E-state index in [0.29, 0.717) is 49.7 Å². The number of aromatic nitrogens is 1. The van der Waals surface area contributed by atoms with Gasteiger partial charge in [-0.1, -0.05) is 53.5 Å². The second kappa shape index (κ2) is 16.2. The lowest BCUT2D eigenvalue weighted by Crippen LogP contribution is -2.52.